The average molecular weight is 1250 g/mol. The van der Waals surface area contributed by atoms with Crippen molar-refractivity contribution in [1.29, 1.82) is 0 Å². The molecule has 0 atom stereocenters. The van der Waals surface area contributed by atoms with E-state index < -0.39 is 0 Å². The minimum absolute atomic E-state index is 0.0467. The third kappa shape index (κ3) is 10.8. The van der Waals surface area contributed by atoms with Gasteiger partial charge in [0.15, 0.2) is 5.82 Å². The third-order valence-electron chi connectivity index (χ3n) is 21.1. The standard InChI is InChI=1S/C89H98BN5/c1-82(2,3)58-33-53(34-59(45-58)83(4,5)6)51-25-31-72-68(41-51)76-66(55-37-62(86(13,14)15)47-63(38-55)87(16,17)18)27-29-70-79(76)94(72)74-43-57(81-92-49-91-50-93-81)44-75-78(74)90(70)71-30-28-67(56-39-64(88(19,20)21)48-65(40-56)89(22,23)24)77-69-42-52(26-32-73(69)95(75)80(71)77)54-35-60(84(7,8)9)46-61(36-54)85(10,11)12/h25-50H,1-24H3. The molecule has 5 nitrogen and oxygen atoms in total. The van der Waals surface area contributed by atoms with E-state index in [4.69, 9.17) is 9.97 Å². The lowest BCUT2D eigenvalue weighted by atomic mass is 9.34. The van der Waals surface area contributed by atoms with Crippen LogP contribution in [-0.2, 0) is 43.3 Å². The van der Waals surface area contributed by atoms with Gasteiger partial charge in [-0.1, -0.05) is 275 Å². The number of nitrogens with zero attached hydrogens (tertiary/aromatic N) is 5. The lowest BCUT2D eigenvalue weighted by Crippen LogP contribution is -2.59. The SMILES string of the molecule is CC(C)(C)c1cc(-c2ccc3c(c2)c2c(-c4cc(C(C)(C)C)cc(C(C)(C)C)c4)ccc4c2n3-c2cc(-c3ncncn3)cc3c2B4c2ccc(-c4cc(C(C)(C)C)cc(C(C)(C)C)c4)c4c5cc(-c6cc(C(C)(C)C)cc(C(C)(C)C)c6)ccc5n-3c24)cc(C(C)(C)C)c1. The van der Waals surface area contributed by atoms with Crippen molar-refractivity contribution in [3.8, 4) is 67.3 Å². The van der Waals surface area contributed by atoms with E-state index >= 15 is 0 Å². The fraction of sp³-hybridized carbons (Fsp3) is 0.360. The summed E-state index contributed by atoms with van der Waals surface area (Å²) in [5.41, 5.74) is 32.1. The zero-order valence-electron chi connectivity index (χ0n) is 61.3. The molecule has 0 radical (unpaired) electrons. The van der Waals surface area contributed by atoms with Crippen molar-refractivity contribution >= 4 is 66.7 Å². The van der Waals surface area contributed by atoms with Crippen molar-refractivity contribution in [3.05, 3.63) is 203 Å². The van der Waals surface area contributed by atoms with Crippen LogP contribution in [0.2, 0.25) is 0 Å². The normalized spacial score (nSPS) is 13.9. The minimum atomic E-state index is -0.138. The molecule has 0 bridgehead atoms. The topological polar surface area (TPSA) is 48.5 Å². The second-order valence-corrected chi connectivity index (χ2v) is 36.5. The molecule has 0 saturated heterocycles. The molecule has 5 heterocycles. The average Bonchev–Trinajstić information content (AvgIpc) is 1.55. The van der Waals surface area contributed by atoms with E-state index in [0.717, 1.165) is 16.9 Å². The van der Waals surface area contributed by atoms with Crippen molar-refractivity contribution in [1.82, 2.24) is 24.1 Å². The second-order valence-electron chi connectivity index (χ2n) is 36.5. The summed E-state index contributed by atoms with van der Waals surface area (Å²) < 4.78 is 5.28. The summed E-state index contributed by atoms with van der Waals surface area (Å²) in [5, 5.41) is 5.02. The van der Waals surface area contributed by atoms with Crippen LogP contribution < -0.4 is 16.4 Å². The smallest absolute Gasteiger partial charge is 0.252 e. The largest absolute Gasteiger partial charge is 0.310 e. The maximum absolute atomic E-state index is 4.96. The van der Waals surface area contributed by atoms with Crippen molar-refractivity contribution in [3.63, 3.8) is 0 Å². The van der Waals surface area contributed by atoms with Crippen LogP contribution in [0.3, 0.4) is 0 Å². The molecule has 0 unspecified atom stereocenters. The number of rotatable bonds is 5. The molecule has 12 aromatic rings. The maximum atomic E-state index is 4.96. The highest BCUT2D eigenvalue weighted by atomic mass is 15.0. The second kappa shape index (κ2) is 21.1. The Labute approximate surface area is 567 Å². The summed E-state index contributed by atoms with van der Waals surface area (Å²) in [5.74, 6) is 0.642. The van der Waals surface area contributed by atoms with Gasteiger partial charge in [0.1, 0.15) is 12.7 Å². The molecule has 6 heteroatoms. The van der Waals surface area contributed by atoms with Gasteiger partial charge in [0, 0.05) is 49.5 Å². The summed E-state index contributed by atoms with van der Waals surface area (Å²) in [6.07, 6.45) is 3.28. The van der Waals surface area contributed by atoms with Gasteiger partial charge in [-0.25, -0.2) is 15.0 Å². The molecule has 0 N–H and O–H groups in total. The molecule has 0 aliphatic carbocycles. The van der Waals surface area contributed by atoms with Gasteiger partial charge in [-0.15, -0.1) is 0 Å². The summed E-state index contributed by atoms with van der Waals surface area (Å²) in [6.45, 7) is 56.3. The molecule has 3 aromatic heterocycles. The van der Waals surface area contributed by atoms with Gasteiger partial charge in [0.2, 0.25) is 0 Å². The van der Waals surface area contributed by atoms with Gasteiger partial charge in [0.05, 0.1) is 11.0 Å². The Kier molecular flexibility index (Phi) is 14.2. The van der Waals surface area contributed by atoms with E-state index in [0.29, 0.717) is 5.82 Å². The first-order valence-electron chi connectivity index (χ1n) is 34.8. The summed E-state index contributed by atoms with van der Waals surface area (Å²) in [4.78, 5) is 14.3. The summed E-state index contributed by atoms with van der Waals surface area (Å²) in [7, 11) is 0. The first kappa shape index (κ1) is 64.0. The van der Waals surface area contributed by atoms with Crippen LogP contribution in [0.4, 0.5) is 0 Å². The van der Waals surface area contributed by atoms with Crippen LogP contribution in [0.5, 0.6) is 0 Å². The van der Waals surface area contributed by atoms with E-state index in [-0.39, 0.29) is 50.0 Å². The van der Waals surface area contributed by atoms with Gasteiger partial charge in [0.25, 0.3) is 6.71 Å². The van der Waals surface area contributed by atoms with E-state index in [2.05, 4.69) is 326 Å². The van der Waals surface area contributed by atoms with Gasteiger partial charge in [-0.2, -0.15) is 0 Å². The van der Waals surface area contributed by atoms with Gasteiger partial charge >= 0.3 is 0 Å². The predicted octanol–water partition coefficient (Wildman–Crippen LogP) is 21.9. The van der Waals surface area contributed by atoms with Crippen molar-refractivity contribution in [2.45, 2.75) is 209 Å². The summed E-state index contributed by atoms with van der Waals surface area (Å²) >= 11 is 0. The zero-order chi connectivity index (χ0) is 68.1. The molecular weight excluding hydrogens is 1150 g/mol. The van der Waals surface area contributed by atoms with Crippen LogP contribution in [0.25, 0.3) is 111 Å². The molecule has 482 valence electrons. The Bertz CT molecular complexity index is 4750. The molecule has 14 rings (SSSR count). The number of hydrogen-bond donors (Lipinski definition) is 0. The Morgan fingerprint density at radius 3 is 0.874 bits per heavy atom. The molecule has 2 aliphatic rings. The van der Waals surface area contributed by atoms with Gasteiger partial charge in [-0.3, -0.25) is 0 Å². The molecule has 0 fully saturated rings. The van der Waals surface area contributed by atoms with E-state index in [1.54, 1.807) is 12.7 Å². The Morgan fingerprint density at radius 2 is 0.579 bits per heavy atom. The van der Waals surface area contributed by atoms with Crippen LogP contribution >= 0.6 is 0 Å². The number of aromatic nitrogens is 5. The van der Waals surface area contributed by atoms with Crippen molar-refractivity contribution in [2.75, 3.05) is 0 Å². The highest BCUT2D eigenvalue weighted by Crippen LogP contribution is 2.49. The fourth-order valence-corrected chi connectivity index (χ4v) is 15.1. The number of hydrogen-bond acceptors (Lipinski definition) is 3. The van der Waals surface area contributed by atoms with E-state index in [1.807, 2.05) is 0 Å². The number of benzene rings is 9. The van der Waals surface area contributed by atoms with Crippen LogP contribution in [0.15, 0.2) is 158 Å². The Morgan fingerprint density at radius 1 is 0.284 bits per heavy atom. The zero-order valence-corrected chi connectivity index (χ0v) is 61.3. The van der Waals surface area contributed by atoms with E-state index in [1.165, 1.54) is 149 Å². The minimum Gasteiger partial charge on any atom is -0.310 e. The molecule has 0 spiro atoms. The molecule has 95 heavy (non-hydrogen) atoms. The predicted molar refractivity (Wildman–Crippen MR) is 410 cm³/mol. The van der Waals surface area contributed by atoms with Gasteiger partial charge in [-0.05, 0) is 185 Å². The lowest BCUT2D eigenvalue weighted by molar-refractivity contribution is 0.568. The maximum Gasteiger partial charge on any atom is 0.252 e. The Balaban J connectivity index is 1.16. The molecule has 0 saturated carbocycles. The first-order chi connectivity index (χ1) is 44.1. The monoisotopic (exact) mass is 1250 g/mol. The van der Waals surface area contributed by atoms with E-state index in [9.17, 15) is 0 Å². The Hall–Kier alpha value is -8.35. The molecule has 9 aromatic carbocycles. The first-order valence-corrected chi connectivity index (χ1v) is 34.8. The van der Waals surface area contributed by atoms with Crippen LogP contribution in [0, 0.1) is 0 Å². The van der Waals surface area contributed by atoms with Crippen molar-refractivity contribution < 1.29 is 0 Å². The highest BCUT2D eigenvalue weighted by Gasteiger charge is 2.43. The fourth-order valence-electron chi connectivity index (χ4n) is 15.1. The van der Waals surface area contributed by atoms with Gasteiger partial charge < -0.3 is 9.13 Å². The molecule has 2 aliphatic heterocycles. The highest BCUT2D eigenvalue weighted by molar-refractivity contribution is 7.00. The third-order valence-corrected chi connectivity index (χ3v) is 21.1. The van der Waals surface area contributed by atoms with Crippen molar-refractivity contribution in [2.24, 2.45) is 0 Å². The van der Waals surface area contributed by atoms with Crippen LogP contribution in [-0.4, -0.2) is 30.8 Å². The summed E-state index contributed by atoms with van der Waals surface area (Å²) in [6, 6.07) is 59.1. The number of fused-ring (bicyclic) bond motifs is 10. The molecule has 0 amide bonds. The molecular formula is C89H98BN5. The lowest BCUT2D eigenvalue weighted by Gasteiger charge is -2.34. The van der Waals surface area contributed by atoms with Crippen LogP contribution in [0.1, 0.15) is 211 Å². The quantitative estimate of drug-likeness (QED) is 0.161.